The maximum atomic E-state index is 12.3. The van der Waals surface area contributed by atoms with Gasteiger partial charge in [-0.1, -0.05) is 0 Å². The molecule has 0 bridgehead atoms. The van der Waals surface area contributed by atoms with Crippen molar-refractivity contribution in [3.8, 4) is 0 Å². The van der Waals surface area contributed by atoms with Crippen LogP contribution in [0.4, 0.5) is 5.69 Å². The number of amides is 2. The van der Waals surface area contributed by atoms with Gasteiger partial charge in [0.2, 0.25) is 0 Å². The Morgan fingerprint density at radius 1 is 1.22 bits per heavy atom. The Labute approximate surface area is 138 Å². The smallest absolute Gasteiger partial charge is 0.276 e. The molecule has 2 amide bonds. The molecule has 0 saturated heterocycles. The fourth-order valence-electron chi connectivity index (χ4n) is 2.02. The number of aryl methyl sites for hydroxylation is 1. The van der Waals surface area contributed by atoms with Gasteiger partial charge >= 0.3 is 0 Å². The molecule has 0 fully saturated rings. The van der Waals surface area contributed by atoms with Crippen LogP contribution in [0.5, 0.6) is 0 Å². The topological polar surface area (TPSA) is 106 Å². The summed E-state index contributed by atoms with van der Waals surface area (Å²) in [6, 6.07) is 1.55. The number of rotatable bonds is 3. The van der Waals surface area contributed by atoms with Gasteiger partial charge in [-0.2, -0.15) is 10.2 Å². The van der Waals surface area contributed by atoms with Crippen molar-refractivity contribution < 1.29 is 9.59 Å². The van der Waals surface area contributed by atoms with E-state index in [0.717, 1.165) is 4.47 Å². The highest BCUT2D eigenvalue weighted by Crippen LogP contribution is 2.15. The molecule has 0 saturated carbocycles. The molecule has 0 aliphatic carbocycles. The first-order valence-corrected chi connectivity index (χ1v) is 7.35. The van der Waals surface area contributed by atoms with Crippen molar-refractivity contribution in [3.05, 3.63) is 40.5 Å². The normalized spacial score (nSPS) is 10.7. The lowest BCUT2D eigenvalue weighted by atomic mass is 10.3. The number of anilines is 1. The molecule has 118 valence electrons. The Balaban J connectivity index is 1.90. The largest absolute Gasteiger partial charge is 0.354 e. The molecule has 0 unspecified atom stereocenters. The SMILES string of the molecule is CNC(=O)c1nn(C)cc1NC(=O)c1cc2ncc(Br)cn2n1. The van der Waals surface area contributed by atoms with E-state index in [9.17, 15) is 9.59 Å². The van der Waals surface area contributed by atoms with Crippen LogP contribution >= 0.6 is 15.9 Å². The quantitative estimate of drug-likeness (QED) is 0.703. The van der Waals surface area contributed by atoms with Crippen molar-refractivity contribution in [2.24, 2.45) is 7.05 Å². The fourth-order valence-corrected chi connectivity index (χ4v) is 2.31. The number of hydrogen-bond donors (Lipinski definition) is 2. The minimum absolute atomic E-state index is 0.132. The molecule has 0 aliphatic rings. The fraction of sp³-hybridized carbons (Fsp3) is 0.154. The predicted octanol–water partition coefficient (Wildman–Crippen LogP) is 0.837. The number of aromatic nitrogens is 5. The van der Waals surface area contributed by atoms with Gasteiger partial charge in [0.25, 0.3) is 11.8 Å². The van der Waals surface area contributed by atoms with E-state index in [1.54, 1.807) is 31.7 Å². The molecular formula is C13H12BrN7O2. The van der Waals surface area contributed by atoms with Crippen molar-refractivity contribution in [2.75, 3.05) is 12.4 Å². The zero-order valence-electron chi connectivity index (χ0n) is 12.2. The second-order valence-corrected chi connectivity index (χ2v) is 5.62. The van der Waals surface area contributed by atoms with Crippen LogP contribution in [0.3, 0.4) is 0 Å². The Bertz CT molecular complexity index is 914. The Hall–Kier alpha value is -2.75. The van der Waals surface area contributed by atoms with E-state index in [0.29, 0.717) is 11.3 Å². The van der Waals surface area contributed by atoms with E-state index in [4.69, 9.17) is 0 Å². The number of nitrogens with zero attached hydrogens (tertiary/aromatic N) is 5. The lowest BCUT2D eigenvalue weighted by Crippen LogP contribution is -2.21. The molecule has 9 nitrogen and oxygen atoms in total. The van der Waals surface area contributed by atoms with Crippen molar-refractivity contribution in [1.82, 2.24) is 29.7 Å². The van der Waals surface area contributed by atoms with Crippen LogP contribution in [0.1, 0.15) is 21.0 Å². The number of carbonyl (C=O) groups is 2. The summed E-state index contributed by atoms with van der Waals surface area (Å²) in [5.74, 6) is -0.841. The molecule has 3 rings (SSSR count). The summed E-state index contributed by atoms with van der Waals surface area (Å²) in [4.78, 5) is 28.3. The second-order valence-electron chi connectivity index (χ2n) is 4.70. The molecule has 23 heavy (non-hydrogen) atoms. The predicted molar refractivity (Wildman–Crippen MR) is 85.2 cm³/mol. The summed E-state index contributed by atoms with van der Waals surface area (Å²) in [5, 5.41) is 13.3. The number of carbonyl (C=O) groups excluding carboxylic acids is 2. The second kappa shape index (κ2) is 5.80. The Morgan fingerprint density at radius 3 is 2.74 bits per heavy atom. The van der Waals surface area contributed by atoms with Crippen molar-refractivity contribution >= 4 is 39.1 Å². The molecule has 2 N–H and O–H groups in total. The van der Waals surface area contributed by atoms with Crippen LogP contribution in [-0.2, 0) is 7.05 Å². The number of nitrogens with one attached hydrogen (secondary N) is 2. The van der Waals surface area contributed by atoms with Gasteiger partial charge in [0, 0.05) is 38.8 Å². The van der Waals surface area contributed by atoms with Crippen LogP contribution in [-0.4, -0.2) is 43.2 Å². The summed E-state index contributed by atoms with van der Waals surface area (Å²) in [6.45, 7) is 0. The maximum Gasteiger partial charge on any atom is 0.276 e. The average Bonchev–Trinajstić information content (AvgIpc) is 3.09. The van der Waals surface area contributed by atoms with E-state index < -0.39 is 5.91 Å². The molecule has 3 aromatic rings. The molecule has 0 atom stereocenters. The standard InChI is InChI=1S/C13H12BrN7O2/c1-15-13(23)11-9(6-20(2)19-11)17-12(22)8-3-10-16-4-7(14)5-21(10)18-8/h3-6H,1-2H3,(H,15,23)(H,17,22). The summed E-state index contributed by atoms with van der Waals surface area (Å²) in [7, 11) is 3.16. The molecule has 0 aromatic carbocycles. The highest BCUT2D eigenvalue weighted by atomic mass is 79.9. The molecular weight excluding hydrogens is 366 g/mol. The maximum absolute atomic E-state index is 12.3. The van der Waals surface area contributed by atoms with Crippen molar-refractivity contribution in [3.63, 3.8) is 0 Å². The zero-order chi connectivity index (χ0) is 16.6. The Kier molecular flexibility index (Phi) is 3.82. The van der Waals surface area contributed by atoms with E-state index in [2.05, 4.69) is 41.7 Å². The van der Waals surface area contributed by atoms with E-state index in [-0.39, 0.29) is 17.3 Å². The molecule has 3 aromatic heterocycles. The highest BCUT2D eigenvalue weighted by Gasteiger charge is 2.19. The third-order valence-corrected chi connectivity index (χ3v) is 3.44. The first-order chi connectivity index (χ1) is 11.0. The van der Waals surface area contributed by atoms with Crippen molar-refractivity contribution in [2.45, 2.75) is 0 Å². The number of fused-ring (bicyclic) bond motifs is 1. The lowest BCUT2D eigenvalue weighted by molar-refractivity contribution is 0.0958. The molecule has 0 aliphatic heterocycles. The molecule has 0 radical (unpaired) electrons. The summed E-state index contributed by atoms with van der Waals surface area (Å²) in [5.41, 5.74) is 1.16. The Morgan fingerprint density at radius 2 is 2.00 bits per heavy atom. The summed E-state index contributed by atoms with van der Waals surface area (Å²) < 4.78 is 3.68. The minimum atomic E-state index is -0.454. The number of hydrogen-bond acceptors (Lipinski definition) is 5. The highest BCUT2D eigenvalue weighted by molar-refractivity contribution is 9.10. The molecule has 3 heterocycles. The van der Waals surface area contributed by atoms with Crippen LogP contribution in [0, 0.1) is 0 Å². The van der Waals surface area contributed by atoms with E-state index in [1.807, 2.05) is 0 Å². The summed E-state index contributed by atoms with van der Waals surface area (Å²) in [6.07, 6.45) is 4.86. The van der Waals surface area contributed by atoms with Crippen LogP contribution in [0.25, 0.3) is 5.65 Å². The van der Waals surface area contributed by atoms with E-state index in [1.165, 1.54) is 16.2 Å². The van der Waals surface area contributed by atoms with Gasteiger partial charge in [0.1, 0.15) is 0 Å². The number of halogens is 1. The molecule has 10 heteroatoms. The monoisotopic (exact) mass is 377 g/mol. The first-order valence-electron chi connectivity index (χ1n) is 6.56. The van der Waals surface area contributed by atoms with E-state index >= 15 is 0 Å². The van der Waals surface area contributed by atoms with Gasteiger partial charge in [-0.05, 0) is 15.9 Å². The van der Waals surface area contributed by atoms with Crippen molar-refractivity contribution in [1.29, 1.82) is 0 Å². The molecule has 0 spiro atoms. The zero-order valence-corrected chi connectivity index (χ0v) is 13.8. The van der Waals surface area contributed by atoms with Crippen LogP contribution in [0.2, 0.25) is 0 Å². The van der Waals surface area contributed by atoms with Crippen LogP contribution in [0.15, 0.2) is 29.1 Å². The van der Waals surface area contributed by atoms with Gasteiger partial charge < -0.3 is 10.6 Å². The third-order valence-electron chi connectivity index (χ3n) is 3.03. The van der Waals surface area contributed by atoms with Crippen LogP contribution < -0.4 is 10.6 Å². The van der Waals surface area contributed by atoms with Gasteiger partial charge in [-0.15, -0.1) is 0 Å². The average molecular weight is 378 g/mol. The summed E-state index contributed by atoms with van der Waals surface area (Å²) >= 11 is 3.29. The lowest BCUT2D eigenvalue weighted by Gasteiger charge is -2.02. The third kappa shape index (κ3) is 2.93. The first kappa shape index (κ1) is 15.2. The van der Waals surface area contributed by atoms with Gasteiger partial charge in [-0.3, -0.25) is 14.3 Å². The van der Waals surface area contributed by atoms with Gasteiger partial charge in [0.05, 0.1) is 10.2 Å². The minimum Gasteiger partial charge on any atom is -0.354 e. The van der Waals surface area contributed by atoms with Gasteiger partial charge in [-0.25, -0.2) is 9.50 Å². The van der Waals surface area contributed by atoms with Gasteiger partial charge in [0.15, 0.2) is 17.0 Å².